The number of aryl methyl sites for hydroxylation is 1. The van der Waals surface area contributed by atoms with E-state index in [0.717, 1.165) is 27.0 Å². The van der Waals surface area contributed by atoms with Crippen LogP contribution in [0.1, 0.15) is 44.7 Å². The summed E-state index contributed by atoms with van der Waals surface area (Å²) in [6.45, 7) is 8.20. The van der Waals surface area contributed by atoms with Crippen molar-refractivity contribution < 1.29 is 18.0 Å². The van der Waals surface area contributed by atoms with Crippen molar-refractivity contribution in [2.45, 2.75) is 57.9 Å². The fourth-order valence-electron chi connectivity index (χ4n) is 4.21. The molecule has 8 nitrogen and oxygen atoms in total. The van der Waals surface area contributed by atoms with Crippen LogP contribution in [0.4, 0.5) is 10.8 Å². The topological polar surface area (TPSA) is 108 Å². The first-order valence-electron chi connectivity index (χ1n) is 11.7. The van der Waals surface area contributed by atoms with Gasteiger partial charge in [-0.05, 0) is 67.1 Å². The molecule has 0 fully saturated rings. The van der Waals surface area contributed by atoms with Crippen LogP contribution in [0.5, 0.6) is 0 Å². The number of thiazole rings is 1. The molecule has 3 aromatic rings. The Labute approximate surface area is 209 Å². The maximum absolute atomic E-state index is 13.2. The van der Waals surface area contributed by atoms with Crippen LogP contribution >= 0.6 is 11.3 Å². The highest BCUT2D eigenvalue weighted by Gasteiger charge is 2.30. The summed E-state index contributed by atoms with van der Waals surface area (Å²) < 4.78 is 30.0. The van der Waals surface area contributed by atoms with Gasteiger partial charge in [0.05, 0.1) is 15.1 Å². The molecule has 2 N–H and O–H groups in total. The zero-order chi connectivity index (χ0) is 25.3. The first kappa shape index (κ1) is 25.3. The molecule has 35 heavy (non-hydrogen) atoms. The van der Waals surface area contributed by atoms with Gasteiger partial charge in [-0.25, -0.2) is 13.4 Å². The summed E-state index contributed by atoms with van der Waals surface area (Å²) in [6.07, 6.45) is 1.32. The summed E-state index contributed by atoms with van der Waals surface area (Å²) in [5.74, 6) is -0.352. The summed E-state index contributed by atoms with van der Waals surface area (Å²) in [5, 5.41) is 3.23. The molecule has 2 heterocycles. The van der Waals surface area contributed by atoms with E-state index in [2.05, 4.69) is 15.0 Å². The van der Waals surface area contributed by atoms with E-state index in [-0.39, 0.29) is 16.7 Å². The van der Waals surface area contributed by atoms with Crippen LogP contribution in [0.3, 0.4) is 0 Å². The third-order valence-electron chi connectivity index (χ3n) is 5.96. The highest BCUT2D eigenvalue weighted by Crippen LogP contribution is 2.31. The van der Waals surface area contributed by atoms with Gasteiger partial charge < -0.3 is 10.2 Å². The number of carbonyl (C=O) groups excluding carboxylic acids is 2. The molecule has 0 aliphatic carbocycles. The molecule has 4 rings (SSSR count). The molecule has 2 aromatic carbocycles. The molecule has 0 bridgehead atoms. The summed E-state index contributed by atoms with van der Waals surface area (Å²) in [4.78, 5) is 31.5. The van der Waals surface area contributed by atoms with Crippen molar-refractivity contribution >= 4 is 54.2 Å². The van der Waals surface area contributed by atoms with Crippen molar-refractivity contribution in [1.82, 2.24) is 9.71 Å². The quantitative estimate of drug-likeness (QED) is 0.468. The second-order valence-electron chi connectivity index (χ2n) is 9.22. The first-order chi connectivity index (χ1) is 16.6. The van der Waals surface area contributed by atoms with Gasteiger partial charge >= 0.3 is 0 Å². The van der Waals surface area contributed by atoms with Crippen LogP contribution in [0.2, 0.25) is 0 Å². The summed E-state index contributed by atoms with van der Waals surface area (Å²) >= 11 is 1.36. The minimum Gasteiger partial charge on any atom is -0.312 e. The van der Waals surface area contributed by atoms with Crippen LogP contribution < -0.4 is 14.9 Å². The predicted octanol–water partition coefficient (Wildman–Crippen LogP) is 4.24. The monoisotopic (exact) mass is 514 g/mol. The molecule has 186 valence electrons. The van der Waals surface area contributed by atoms with E-state index in [4.69, 9.17) is 0 Å². The number of benzene rings is 2. The first-order valence-corrected chi connectivity index (χ1v) is 14.0. The molecular weight excluding hydrogens is 484 g/mol. The highest BCUT2D eigenvalue weighted by molar-refractivity contribution is 7.89. The van der Waals surface area contributed by atoms with Crippen LogP contribution in [-0.4, -0.2) is 37.8 Å². The van der Waals surface area contributed by atoms with Gasteiger partial charge in [-0.2, -0.15) is 4.72 Å². The SMILES string of the molecule is CCC(=O)N1CCc2cc(S(=O)(=O)N[C@@H](CC(C)C)C(=O)Nc3nc4ccc(C)cc4s3)ccc21. The van der Waals surface area contributed by atoms with E-state index in [1.165, 1.54) is 17.4 Å². The average molecular weight is 515 g/mol. The molecule has 1 atom stereocenters. The molecule has 0 saturated carbocycles. The summed E-state index contributed by atoms with van der Waals surface area (Å²) in [7, 11) is -3.97. The third-order valence-corrected chi connectivity index (χ3v) is 8.36. The average Bonchev–Trinajstić information content (AvgIpc) is 3.40. The number of sulfonamides is 1. The van der Waals surface area contributed by atoms with Gasteiger partial charge in [0.1, 0.15) is 6.04 Å². The van der Waals surface area contributed by atoms with E-state index < -0.39 is 22.0 Å². The van der Waals surface area contributed by atoms with Gasteiger partial charge in [-0.3, -0.25) is 9.59 Å². The smallest absolute Gasteiger partial charge is 0.244 e. The third kappa shape index (κ3) is 5.55. The van der Waals surface area contributed by atoms with Crippen molar-refractivity contribution in [3.05, 3.63) is 47.5 Å². The summed E-state index contributed by atoms with van der Waals surface area (Å²) in [6, 6.07) is 9.65. The zero-order valence-electron chi connectivity index (χ0n) is 20.3. The Bertz CT molecular complexity index is 1380. The van der Waals surface area contributed by atoms with Gasteiger partial charge in [0.15, 0.2) is 5.13 Å². The van der Waals surface area contributed by atoms with E-state index in [9.17, 15) is 18.0 Å². The second-order valence-corrected chi connectivity index (χ2v) is 12.0. The normalized spacial score (nSPS) is 14.4. The van der Waals surface area contributed by atoms with Gasteiger partial charge in [0.25, 0.3) is 0 Å². The van der Waals surface area contributed by atoms with Crippen molar-refractivity contribution in [2.75, 3.05) is 16.8 Å². The van der Waals surface area contributed by atoms with Gasteiger partial charge in [-0.1, -0.05) is 38.2 Å². The van der Waals surface area contributed by atoms with Crippen molar-refractivity contribution in [3.63, 3.8) is 0 Å². The van der Waals surface area contributed by atoms with Crippen LogP contribution in [0.25, 0.3) is 10.2 Å². The number of carbonyl (C=O) groups is 2. The van der Waals surface area contributed by atoms with E-state index in [0.29, 0.717) is 30.9 Å². The molecule has 1 aliphatic rings. The fraction of sp³-hybridized carbons (Fsp3) is 0.400. The number of amides is 2. The van der Waals surface area contributed by atoms with Crippen LogP contribution in [-0.2, 0) is 26.0 Å². The lowest BCUT2D eigenvalue weighted by Crippen LogP contribution is -2.44. The molecule has 1 aliphatic heterocycles. The van der Waals surface area contributed by atoms with Gasteiger partial charge in [0, 0.05) is 18.7 Å². The molecule has 0 unspecified atom stereocenters. The maximum Gasteiger partial charge on any atom is 0.244 e. The lowest BCUT2D eigenvalue weighted by molar-refractivity contribution is -0.118. The van der Waals surface area contributed by atoms with Crippen LogP contribution in [0.15, 0.2) is 41.3 Å². The minimum absolute atomic E-state index is 0.0103. The number of rotatable bonds is 8. The Morgan fingerprint density at radius 3 is 2.66 bits per heavy atom. The molecule has 0 spiro atoms. The number of hydrogen-bond acceptors (Lipinski definition) is 6. The summed E-state index contributed by atoms with van der Waals surface area (Å²) in [5.41, 5.74) is 3.44. The highest BCUT2D eigenvalue weighted by atomic mass is 32.2. The Morgan fingerprint density at radius 2 is 1.94 bits per heavy atom. The number of aromatic nitrogens is 1. The number of anilines is 2. The number of fused-ring (bicyclic) bond motifs is 2. The number of nitrogens with one attached hydrogen (secondary N) is 2. The van der Waals surface area contributed by atoms with E-state index in [1.807, 2.05) is 39.0 Å². The predicted molar refractivity (Wildman–Crippen MR) is 139 cm³/mol. The molecule has 0 saturated heterocycles. The van der Waals surface area contributed by atoms with E-state index in [1.54, 1.807) is 24.0 Å². The Kier molecular flexibility index (Phi) is 7.25. The van der Waals surface area contributed by atoms with Crippen molar-refractivity contribution in [1.29, 1.82) is 0 Å². The van der Waals surface area contributed by atoms with Gasteiger partial charge in [0.2, 0.25) is 21.8 Å². The lowest BCUT2D eigenvalue weighted by Gasteiger charge is -2.20. The number of nitrogens with zero attached hydrogens (tertiary/aromatic N) is 2. The second kappa shape index (κ2) is 10.0. The van der Waals surface area contributed by atoms with Crippen molar-refractivity contribution in [3.8, 4) is 0 Å². The molecule has 2 amide bonds. The zero-order valence-corrected chi connectivity index (χ0v) is 21.9. The Balaban J connectivity index is 1.54. The lowest BCUT2D eigenvalue weighted by atomic mass is 10.0. The van der Waals surface area contributed by atoms with Crippen molar-refractivity contribution in [2.24, 2.45) is 5.92 Å². The minimum atomic E-state index is -3.97. The molecule has 0 radical (unpaired) electrons. The standard InChI is InChI=1S/C25H30N4O4S2/c1-5-23(30)29-11-10-17-14-18(7-9-21(17)29)35(32,33)28-20(12-15(2)3)24(31)27-25-26-19-8-6-16(4)13-22(19)34-25/h6-9,13-15,20,28H,5,10-12H2,1-4H3,(H,26,27,31)/t20-/m0/s1. The molecule has 1 aromatic heterocycles. The number of hydrogen-bond donors (Lipinski definition) is 2. The molecule has 10 heteroatoms. The fourth-order valence-corrected chi connectivity index (χ4v) is 6.43. The van der Waals surface area contributed by atoms with Crippen LogP contribution in [0, 0.1) is 12.8 Å². The Morgan fingerprint density at radius 1 is 1.17 bits per heavy atom. The molecular formula is C25H30N4O4S2. The maximum atomic E-state index is 13.2. The Hall–Kier alpha value is -2.82. The van der Waals surface area contributed by atoms with Gasteiger partial charge in [-0.15, -0.1) is 0 Å². The van der Waals surface area contributed by atoms with E-state index >= 15 is 0 Å². The largest absolute Gasteiger partial charge is 0.312 e.